The summed E-state index contributed by atoms with van der Waals surface area (Å²) in [5.74, 6) is 0.871. The number of halogens is 1. The standard InChI is InChI=1S/C26H22BrN3O4/c27-19-5-3-18(4-6-19)22-11-12-23(34-22)25(31)28-20-7-9-21(10-8-20)29-13-15-30(16-14-29)26(32)24-2-1-17-33-24/h1-12,17H,13-16H2,(H,28,31). The van der Waals surface area contributed by atoms with E-state index >= 15 is 0 Å². The van der Waals surface area contributed by atoms with Crippen LogP contribution in [0.3, 0.4) is 0 Å². The zero-order valence-electron chi connectivity index (χ0n) is 18.2. The molecule has 34 heavy (non-hydrogen) atoms. The van der Waals surface area contributed by atoms with Crippen LogP contribution in [0.1, 0.15) is 21.1 Å². The van der Waals surface area contributed by atoms with Crippen molar-refractivity contribution in [2.75, 3.05) is 36.4 Å². The largest absolute Gasteiger partial charge is 0.459 e. The van der Waals surface area contributed by atoms with Crippen LogP contribution in [0.2, 0.25) is 0 Å². The van der Waals surface area contributed by atoms with Gasteiger partial charge in [-0.2, -0.15) is 0 Å². The molecule has 0 atom stereocenters. The molecule has 0 aliphatic carbocycles. The lowest BCUT2D eigenvalue weighted by Crippen LogP contribution is -2.48. The summed E-state index contributed by atoms with van der Waals surface area (Å²) in [5, 5.41) is 2.88. The minimum absolute atomic E-state index is 0.0797. The third kappa shape index (κ3) is 4.77. The van der Waals surface area contributed by atoms with E-state index in [-0.39, 0.29) is 17.6 Å². The minimum atomic E-state index is -0.304. The van der Waals surface area contributed by atoms with Crippen LogP contribution in [0.4, 0.5) is 11.4 Å². The molecule has 4 aromatic rings. The van der Waals surface area contributed by atoms with E-state index in [2.05, 4.69) is 26.1 Å². The molecule has 8 heteroatoms. The molecule has 1 N–H and O–H groups in total. The first-order chi connectivity index (χ1) is 16.6. The van der Waals surface area contributed by atoms with Gasteiger partial charge in [0.25, 0.3) is 11.8 Å². The third-order valence-electron chi connectivity index (χ3n) is 5.75. The molecule has 1 aliphatic heterocycles. The van der Waals surface area contributed by atoms with Crippen molar-refractivity contribution in [2.45, 2.75) is 0 Å². The lowest BCUT2D eigenvalue weighted by Gasteiger charge is -2.35. The molecule has 1 saturated heterocycles. The molecule has 5 rings (SSSR count). The maximum atomic E-state index is 12.6. The Bertz CT molecular complexity index is 1270. The molecular formula is C26H22BrN3O4. The summed E-state index contributed by atoms with van der Waals surface area (Å²) < 4.78 is 11.9. The summed E-state index contributed by atoms with van der Waals surface area (Å²) in [7, 11) is 0. The number of nitrogens with one attached hydrogen (secondary N) is 1. The molecule has 1 fully saturated rings. The van der Waals surface area contributed by atoms with Crippen LogP contribution in [-0.4, -0.2) is 42.9 Å². The number of hydrogen-bond donors (Lipinski definition) is 1. The molecule has 0 spiro atoms. The van der Waals surface area contributed by atoms with Crippen molar-refractivity contribution in [1.82, 2.24) is 4.90 Å². The molecule has 0 radical (unpaired) electrons. The van der Waals surface area contributed by atoms with E-state index in [0.717, 1.165) is 28.8 Å². The van der Waals surface area contributed by atoms with E-state index in [1.165, 1.54) is 6.26 Å². The van der Waals surface area contributed by atoms with Crippen LogP contribution in [0.15, 0.2) is 92.4 Å². The number of furan rings is 2. The van der Waals surface area contributed by atoms with Crippen molar-refractivity contribution in [1.29, 1.82) is 0 Å². The Balaban J connectivity index is 1.17. The summed E-state index contributed by atoms with van der Waals surface area (Å²) in [6.45, 7) is 2.70. The second kappa shape index (κ2) is 9.61. The van der Waals surface area contributed by atoms with E-state index in [1.54, 1.807) is 29.2 Å². The first-order valence-corrected chi connectivity index (χ1v) is 11.7. The Hall–Kier alpha value is -3.78. The Morgan fingerprint density at radius 2 is 1.56 bits per heavy atom. The number of piperazine rings is 1. The predicted molar refractivity (Wildman–Crippen MR) is 133 cm³/mol. The highest BCUT2D eigenvalue weighted by Crippen LogP contribution is 2.25. The molecule has 0 saturated carbocycles. The van der Waals surface area contributed by atoms with E-state index in [9.17, 15) is 9.59 Å². The van der Waals surface area contributed by atoms with Crippen LogP contribution < -0.4 is 10.2 Å². The summed E-state index contributed by atoms with van der Waals surface area (Å²) in [4.78, 5) is 29.1. The number of hydrogen-bond acceptors (Lipinski definition) is 5. The SMILES string of the molecule is O=C(Nc1ccc(N2CCN(C(=O)c3ccco3)CC2)cc1)c1ccc(-c2ccc(Br)cc2)o1. The minimum Gasteiger partial charge on any atom is -0.459 e. The molecular weight excluding hydrogens is 498 g/mol. The lowest BCUT2D eigenvalue weighted by atomic mass is 10.2. The molecule has 0 unspecified atom stereocenters. The highest BCUT2D eigenvalue weighted by molar-refractivity contribution is 9.10. The van der Waals surface area contributed by atoms with Crippen molar-refractivity contribution in [3.63, 3.8) is 0 Å². The van der Waals surface area contributed by atoms with Gasteiger partial charge in [-0.15, -0.1) is 0 Å². The van der Waals surface area contributed by atoms with E-state index < -0.39 is 0 Å². The summed E-state index contributed by atoms with van der Waals surface area (Å²) >= 11 is 3.41. The Morgan fingerprint density at radius 1 is 0.824 bits per heavy atom. The number of anilines is 2. The highest BCUT2D eigenvalue weighted by atomic mass is 79.9. The van der Waals surface area contributed by atoms with Gasteiger partial charge < -0.3 is 24.0 Å². The van der Waals surface area contributed by atoms with Gasteiger partial charge in [0.15, 0.2) is 11.5 Å². The van der Waals surface area contributed by atoms with Gasteiger partial charge in [-0.25, -0.2) is 0 Å². The number of amides is 2. The average Bonchev–Trinajstić information content (AvgIpc) is 3.58. The zero-order valence-corrected chi connectivity index (χ0v) is 19.8. The average molecular weight is 520 g/mol. The van der Waals surface area contributed by atoms with Crippen molar-refractivity contribution in [3.8, 4) is 11.3 Å². The maximum Gasteiger partial charge on any atom is 0.291 e. The summed E-state index contributed by atoms with van der Waals surface area (Å²) in [5.41, 5.74) is 2.62. The molecule has 2 aromatic heterocycles. The Kier molecular flexibility index (Phi) is 6.22. The fraction of sp³-hybridized carbons (Fsp3) is 0.154. The van der Waals surface area contributed by atoms with Crippen LogP contribution >= 0.6 is 15.9 Å². The van der Waals surface area contributed by atoms with Gasteiger partial charge >= 0.3 is 0 Å². The first kappa shape index (κ1) is 22.0. The zero-order chi connectivity index (χ0) is 23.5. The molecule has 1 aliphatic rings. The van der Waals surface area contributed by atoms with Gasteiger partial charge in [0.2, 0.25) is 0 Å². The smallest absolute Gasteiger partial charge is 0.291 e. The monoisotopic (exact) mass is 519 g/mol. The van der Waals surface area contributed by atoms with Crippen molar-refractivity contribution in [3.05, 3.63) is 95.1 Å². The fourth-order valence-electron chi connectivity index (χ4n) is 3.90. The maximum absolute atomic E-state index is 12.6. The molecule has 172 valence electrons. The summed E-state index contributed by atoms with van der Waals surface area (Å²) in [6, 6.07) is 22.2. The molecule has 3 heterocycles. The number of benzene rings is 2. The quantitative estimate of drug-likeness (QED) is 0.375. The number of carbonyl (C=O) groups excluding carboxylic acids is 2. The summed E-state index contributed by atoms with van der Waals surface area (Å²) in [6.07, 6.45) is 1.51. The van der Waals surface area contributed by atoms with Gasteiger partial charge in [0.1, 0.15) is 5.76 Å². The molecule has 0 bridgehead atoms. The van der Waals surface area contributed by atoms with Crippen molar-refractivity contribution >= 4 is 39.1 Å². The molecule has 2 aromatic carbocycles. The third-order valence-corrected chi connectivity index (χ3v) is 6.28. The number of nitrogens with zero attached hydrogens (tertiary/aromatic N) is 2. The van der Waals surface area contributed by atoms with E-state index in [4.69, 9.17) is 8.83 Å². The van der Waals surface area contributed by atoms with E-state index in [1.807, 2.05) is 48.5 Å². The van der Waals surface area contributed by atoms with Crippen LogP contribution in [-0.2, 0) is 0 Å². The van der Waals surface area contributed by atoms with Crippen LogP contribution in [0.25, 0.3) is 11.3 Å². The fourth-order valence-corrected chi connectivity index (χ4v) is 4.17. The Labute approximate surface area is 205 Å². The van der Waals surface area contributed by atoms with Gasteiger partial charge in [0.05, 0.1) is 6.26 Å². The van der Waals surface area contributed by atoms with Crippen LogP contribution in [0.5, 0.6) is 0 Å². The second-order valence-electron chi connectivity index (χ2n) is 7.93. The Morgan fingerprint density at radius 3 is 2.24 bits per heavy atom. The van der Waals surface area contributed by atoms with Crippen molar-refractivity contribution < 1.29 is 18.4 Å². The second-order valence-corrected chi connectivity index (χ2v) is 8.84. The first-order valence-electron chi connectivity index (χ1n) is 10.9. The number of carbonyl (C=O) groups is 2. The molecule has 7 nitrogen and oxygen atoms in total. The highest BCUT2D eigenvalue weighted by Gasteiger charge is 2.24. The molecule has 2 amide bonds. The van der Waals surface area contributed by atoms with Gasteiger partial charge in [-0.1, -0.05) is 28.1 Å². The number of rotatable bonds is 5. The predicted octanol–water partition coefficient (Wildman–Crippen LogP) is 5.52. The topological polar surface area (TPSA) is 78.9 Å². The van der Waals surface area contributed by atoms with Crippen LogP contribution in [0, 0.1) is 0 Å². The normalized spacial score (nSPS) is 13.7. The van der Waals surface area contributed by atoms with Crippen molar-refractivity contribution in [2.24, 2.45) is 0 Å². The van der Waals surface area contributed by atoms with Gasteiger partial charge in [0, 0.05) is 47.6 Å². The van der Waals surface area contributed by atoms with Gasteiger partial charge in [-0.05, 0) is 60.7 Å². The van der Waals surface area contributed by atoms with Gasteiger partial charge in [-0.3, -0.25) is 9.59 Å². The lowest BCUT2D eigenvalue weighted by molar-refractivity contribution is 0.0714. The van der Waals surface area contributed by atoms with E-state index in [0.29, 0.717) is 30.3 Å².